The predicted molar refractivity (Wildman–Crippen MR) is 114 cm³/mol. The zero-order valence-corrected chi connectivity index (χ0v) is 17.4. The van der Waals surface area contributed by atoms with E-state index < -0.39 is 0 Å². The smallest absolute Gasteiger partial charge is 0.265 e. The number of hydrogen-bond donors (Lipinski definition) is 0. The standard InChI is InChI=1S/C21H15ClN4O3S/c1-12-23-16(11-30-12)13-2-4-14(5-3-13)21-24-19(29-25-21)9-26-17-8-15(22)6-7-18(17)28-10-20(26)27/h2-8,11H,9-10H2,1H3. The van der Waals surface area contributed by atoms with Crippen LogP contribution in [0, 0.1) is 6.92 Å². The Morgan fingerprint density at radius 1 is 1.13 bits per heavy atom. The SMILES string of the molecule is Cc1nc(-c2ccc(-c3noc(CN4C(=O)COc5ccc(Cl)cc54)n3)cc2)cs1. The maximum Gasteiger partial charge on any atom is 0.265 e. The van der Waals surface area contributed by atoms with Gasteiger partial charge >= 0.3 is 0 Å². The quantitative estimate of drug-likeness (QED) is 0.457. The normalized spacial score (nSPS) is 13.3. The van der Waals surface area contributed by atoms with Crippen LogP contribution in [0.2, 0.25) is 5.02 Å². The summed E-state index contributed by atoms with van der Waals surface area (Å²) in [7, 11) is 0. The number of anilines is 1. The minimum atomic E-state index is -0.201. The van der Waals surface area contributed by atoms with Crippen LogP contribution in [0.25, 0.3) is 22.6 Å². The highest BCUT2D eigenvalue weighted by molar-refractivity contribution is 7.09. The van der Waals surface area contributed by atoms with Crippen LogP contribution in [0.15, 0.2) is 52.4 Å². The van der Waals surface area contributed by atoms with E-state index in [0.29, 0.717) is 28.2 Å². The monoisotopic (exact) mass is 438 g/mol. The molecule has 0 aliphatic carbocycles. The van der Waals surface area contributed by atoms with Crippen molar-refractivity contribution >= 4 is 34.5 Å². The Hall–Kier alpha value is -3.23. The molecule has 0 bridgehead atoms. The molecule has 0 saturated carbocycles. The maximum atomic E-state index is 12.4. The number of nitrogens with zero attached hydrogens (tertiary/aromatic N) is 4. The minimum Gasteiger partial charge on any atom is -0.482 e. The number of amides is 1. The molecule has 0 fully saturated rings. The molecule has 1 aliphatic heterocycles. The van der Waals surface area contributed by atoms with Crippen LogP contribution in [0.3, 0.4) is 0 Å². The van der Waals surface area contributed by atoms with Crippen molar-refractivity contribution in [2.75, 3.05) is 11.5 Å². The first-order valence-corrected chi connectivity index (χ1v) is 10.4. The Balaban J connectivity index is 1.37. The zero-order valence-electron chi connectivity index (χ0n) is 15.8. The number of halogens is 1. The van der Waals surface area contributed by atoms with E-state index in [1.54, 1.807) is 29.5 Å². The lowest BCUT2D eigenvalue weighted by Gasteiger charge is -2.28. The van der Waals surface area contributed by atoms with Crippen LogP contribution in [0.1, 0.15) is 10.9 Å². The molecule has 5 rings (SSSR count). The Kier molecular flexibility index (Phi) is 4.72. The Morgan fingerprint density at radius 2 is 1.93 bits per heavy atom. The molecule has 3 heterocycles. The molecule has 2 aromatic carbocycles. The van der Waals surface area contributed by atoms with Gasteiger partial charge in [-0.25, -0.2) is 4.98 Å². The lowest BCUT2D eigenvalue weighted by Crippen LogP contribution is -2.38. The molecule has 4 aromatic rings. The average molecular weight is 439 g/mol. The van der Waals surface area contributed by atoms with Gasteiger partial charge in [0.2, 0.25) is 11.7 Å². The number of rotatable bonds is 4. The lowest BCUT2D eigenvalue weighted by molar-refractivity contribution is -0.121. The van der Waals surface area contributed by atoms with Crippen molar-refractivity contribution in [3.05, 3.63) is 63.8 Å². The van der Waals surface area contributed by atoms with Crippen molar-refractivity contribution in [3.63, 3.8) is 0 Å². The minimum absolute atomic E-state index is 0.0484. The second kappa shape index (κ2) is 7.55. The molecular weight excluding hydrogens is 424 g/mol. The first kappa shape index (κ1) is 18.8. The third-order valence-corrected chi connectivity index (χ3v) is 5.69. The first-order valence-electron chi connectivity index (χ1n) is 9.15. The van der Waals surface area contributed by atoms with Crippen molar-refractivity contribution in [1.82, 2.24) is 15.1 Å². The molecule has 150 valence electrons. The van der Waals surface area contributed by atoms with Crippen LogP contribution in [0.5, 0.6) is 5.75 Å². The lowest BCUT2D eigenvalue weighted by atomic mass is 10.1. The van der Waals surface area contributed by atoms with E-state index in [1.165, 1.54) is 4.90 Å². The van der Waals surface area contributed by atoms with Gasteiger partial charge in [-0.05, 0) is 25.1 Å². The van der Waals surface area contributed by atoms with Gasteiger partial charge in [0.05, 0.1) is 16.4 Å². The summed E-state index contributed by atoms with van der Waals surface area (Å²) in [5, 5.41) is 7.63. The highest BCUT2D eigenvalue weighted by Gasteiger charge is 2.27. The summed E-state index contributed by atoms with van der Waals surface area (Å²) in [6, 6.07) is 12.9. The van der Waals surface area contributed by atoms with Crippen molar-refractivity contribution in [1.29, 1.82) is 0 Å². The van der Waals surface area contributed by atoms with Crippen LogP contribution >= 0.6 is 22.9 Å². The number of hydrogen-bond acceptors (Lipinski definition) is 7. The molecular formula is C21H15ClN4O3S. The maximum absolute atomic E-state index is 12.4. The fourth-order valence-corrected chi connectivity index (χ4v) is 3.99. The molecule has 0 saturated heterocycles. The van der Waals surface area contributed by atoms with Crippen molar-refractivity contribution in [3.8, 4) is 28.4 Å². The van der Waals surface area contributed by atoms with E-state index in [2.05, 4.69) is 15.1 Å². The van der Waals surface area contributed by atoms with E-state index in [9.17, 15) is 4.79 Å². The molecule has 0 atom stereocenters. The first-order chi connectivity index (χ1) is 14.6. The van der Waals surface area contributed by atoms with Gasteiger partial charge in [-0.3, -0.25) is 9.69 Å². The number of fused-ring (bicyclic) bond motifs is 1. The summed E-state index contributed by atoms with van der Waals surface area (Å²) in [5.74, 6) is 1.17. The van der Waals surface area contributed by atoms with Gasteiger partial charge < -0.3 is 9.26 Å². The van der Waals surface area contributed by atoms with Crippen LogP contribution < -0.4 is 9.64 Å². The van der Waals surface area contributed by atoms with Gasteiger partial charge in [-0.1, -0.05) is 41.0 Å². The predicted octanol–water partition coefficient (Wildman–Crippen LogP) is 4.75. The van der Waals surface area contributed by atoms with E-state index >= 15 is 0 Å². The number of carbonyl (C=O) groups excluding carboxylic acids is 1. The number of ether oxygens (including phenoxy) is 1. The second-order valence-corrected chi connectivity index (χ2v) is 8.22. The zero-order chi connectivity index (χ0) is 20.7. The molecule has 30 heavy (non-hydrogen) atoms. The van der Waals surface area contributed by atoms with Gasteiger partial charge in [0.15, 0.2) is 6.61 Å². The molecule has 7 nitrogen and oxygen atoms in total. The van der Waals surface area contributed by atoms with E-state index in [1.807, 2.05) is 36.6 Å². The molecule has 0 radical (unpaired) electrons. The fourth-order valence-electron chi connectivity index (χ4n) is 3.21. The number of aryl methyl sites for hydroxylation is 1. The summed E-state index contributed by atoms with van der Waals surface area (Å²) in [4.78, 5) is 22.9. The Labute approximate surface area is 180 Å². The summed E-state index contributed by atoms with van der Waals surface area (Å²) in [5.41, 5.74) is 3.37. The van der Waals surface area contributed by atoms with E-state index in [0.717, 1.165) is 21.8 Å². The molecule has 9 heteroatoms. The van der Waals surface area contributed by atoms with Crippen molar-refractivity contribution in [2.24, 2.45) is 0 Å². The summed E-state index contributed by atoms with van der Waals surface area (Å²) >= 11 is 7.70. The largest absolute Gasteiger partial charge is 0.482 e. The van der Waals surface area contributed by atoms with Crippen LogP contribution in [-0.2, 0) is 11.3 Å². The Bertz CT molecular complexity index is 1240. The van der Waals surface area contributed by atoms with E-state index in [-0.39, 0.29) is 19.1 Å². The van der Waals surface area contributed by atoms with Crippen LogP contribution in [0.4, 0.5) is 5.69 Å². The van der Waals surface area contributed by atoms with Gasteiger partial charge in [-0.2, -0.15) is 4.98 Å². The third-order valence-electron chi connectivity index (χ3n) is 4.68. The third kappa shape index (κ3) is 3.55. The summed E-state index contributed by atoms with van der Waals surface area (Å²) in [6.45, 7) is 2.07. The number of carbonyl (C=O) groups is 1. The summed E-state index contributed by atoms with van der Waals surface area (Å²) < 4.78 is 10.9. The average Bonchev–Trinajstić information content (AvgIpc) is 3.39. The molecule has 2 aromatic heterocycles. The highest BCUT2D eigenvalue weighted by Crippen LogP contribution is 2.35. The number of aromatic nitrogens is 3. The highest BCUT2D eigenvalue weighted by atomic mass is 35.5. The summed E-state index contributed by atoms with van der Waals surface area (Å²) in [6.07, 6.45) is 0. The van der Waals surface area contributed by atoms with Crippen molar-refractivity contribution in [2.45, 2.75) is 13.5 Å². The van der Waals surface area contributed by atoms with Gasteiger partial charge in [-0.15, -0.1) is 11.3 Å². The Morgan fingerprint density at radius 3 is 2.70 bits per heavy atom. The van der Waals surface area contributed by atoms with Crippen LogP contribution in [-0.4, -0.2) is 27.6 Å². The molecule has 1 amide bonds. The topological polar surface area (TPSA) is 81.4 Å². The number of benzene rings is 2. The number of thiazole rings is 1. The molecule has 0 N–H and O–H groups in total. The van der Waals surface area contributed by atoms with E-state index in [4.69, 9.17) is 20.9 Å². The molecule has 0 unspecified atom stereocenters. The molecule has 1 aliphatic rings. The second-order valence-electron chi connectivity index (χ2n) is 6.72. The molecule has 0 spiro atoms. The fraction of sp³-hybridized carbons (Fsp3) is 0.143. The van der Waals surface area contributed by atoms with Gasteiger partial charge in [0, 0.05) is 21.5 Å². The van der Waals surface area contributed by atoms with Gasteiger partial charge in [0.25, 0.3) is 5.91 Å². The van der Waals surface area contributed by atoms with Crippen molar-refractivity contribution < 1.29 is 14.1 Å². The van der Waals surface area contributed by atoms with Gasteiger partial charge in [0.1, 0.15) is 12.3 Å².